The van der Waals surface area contributed by atoms with Gasteiger partial charge in [0.25, 0.3) is 0 Å². The van der Waals surface area contributed by atoms with Gasteiger partial charge in [0.15, 0.2) is 16.5 Å². The van der Waals surface area contributed by atoms with Crippen LogP contribution in [0.4, 0.5) is 11.4 Å². The van der Waals surface area contributed by atoms with Crippen LogP contribution in [0.3, 0.4) is 0 Å². The third kappa shape index (κ3) is 14.2. The van der Waals surface area contributed by atoms with Gasteiger partial charge in [0, 0.05) is 145 Å². The molecule has 4 fully saturated rings. The maximum absolute atomic E-state index is 13.0. The lowest BCUT2D eigenvalue weighted by Gasteiger charge is -2.44. The number of benzene rings is 4. The molecule has 6 heterocycles. The molecular formula is C74H96Cl4N8O7Si2. The fourth-order valence-electron chi connectivity index (χ4n) is 16.4. The van der Waals surface area contributed by atoms with Crippen LogP contribution in [0.2, 0.25) is 53.3 Å². The van der Waals surface area contributed by atoms with Crippen LogP contribution in [0.15, 0.2) is 94.2 Å². The molecule has 0 unspecified atom stereocenters. The highest BCUT2D eigenvalue weighted by Gasteiger charge is 2.48. The minimum atomic E-state index is -2.12. The Morgan fingerprint density at radius 1 is 0.558 bits per heavy atom. The second-order valence-electron chi connectivity index (χ2n) is 28.1. The summed E-state index contributed by atoms with van der Waals surface area (Å²) in [5.41, 5.74) is 14.0. The second kappa shape index (κ2) is 30.5. The van der Waals surface area contributed by atoms with Crippen molar-refractivity contribution < 1.29 is 32.9 Å². The van der Waals surface area contributed by atoms with Crippen LogP contribution in [0.1, 0.15) is 164 Å². The summed E-state index contributed by atoms with van der Waals surface area (Å²) in [5.74, 6) is 2.12. The molecule has 4 aromatic heterocycles. The van der Waals surface area contributed by atoms with E-state index in [1.165, 1.54) is 31.1 Å². The molecule has 4 aliphatic rings. The van der Waals surface area contributed by atoms with Gasteiger partial charge in [-0.25, -0.2) is 9.59 Å². The van der Waals surface area contributed by atoms with Crippen molar-refractivity contribution >= 4 is 114 Å². The number of hydrogen-bond acceptors (Lipinski definition) is 13. The molecule has 2 aliphatic carbocycles. The zero-order valence-corrected chi connectivity index (χ0v) is 62.9. The van der Waals surface area contributed by atoms with Crippen LogP contribution < -0.4 is 15.1 Å². The van der Waals surface area contributed by atoms with Gasteiger partial charge < -0.3 is 46.9 Å². The van der Waals surface area contributed by atoms with Crippen LogP contribution in [0.5, 0.6) is 0 Å². The van der Waals surface area contributed by atoms with Crippen LogP contribution >= 0.6 is 46.4 Å². The molecule has 0 bridgehead atoms. The van der Waals surface area contributed by atoms with Crippen molar-refractivity contribution in [1.29, 1.82) is 0 Å². The van der Waals surface area contributed by atoms with Gasteiger partial charge in [-0.3, -0.25) is 4.90 Å². The summed E-state index contributed by atoms with van der Waals surface area (Å²) in [7, 11) is -1.18. The molecule has 510 valence electrons. The number of aldehydes is 1. The highest BCUT2D eigenvalue weighted by Crippen LogP contribution is 2.50. The smallest absolute Gasteiger partial charge is 0.340 e. The fourth-order valence-corrected chi connectivity index (χ4v) is 30.8. The molecule has 1 N–H and O–H groups in total. The molecule has 0 amide bonds. The number of ether oxygens (including phenoxy) is 2. The van der Waals surface area contributed by atoms with Gasteiger partial charge in [0.05, 0.1) is 45.4 Å². The van der Waals surface area contributed by atoms with Crippen LogP contribution in [-0.2, 0) is 27.1 Å². The van der Waals surface area contributed by atoms with Gasteiger partial charge >= 0.3 is 11.9 Å². The van der Waals surface area contributed by atoms with Crippen molar-refractivity contribution in [3.8, 4) is 22.5 Å². The first-order valence-electron chi connectivity index (χ1n) is 34.2. The number of nitrogens with zero attached hydrogens (tertiary/aromatic N) is 7. The number of hydrogen-bond donors (Lipinski definition) is 1. The first-order valence-corrected chi connectivity index (χ1v) is 40.0. The summed E-state index contributed by atoms with van der Waals surface area (Å²) >= 11 is 25.6. The monoisotopic (exact) mass is 1400 g/mol. The molecule has 15 nitrogen and oxygen atoms in total. The maximum atomic E-state index is 13.0. The van der Waals surface area contributed by atoms with E-state index in [1.54, 1.807) is 18.2 Å². The van der Waals surface area contributed by atoms with E-state index < -0.39 is 16.5 Å². The first-order chi connectivity index (χ1) is 45.4. The number of aromatic nitrogens is 4. The Hall–Kier alpha value is -5.90. The number of halogens is 4. The van der Waals surface area contributed by atoms with Gasteiger partial charge in [-0.2, -0.15) is 0 Å². The molecule has 0 atom stereocenters. The molecule has 0 radical (unpaired) electrons. The topological polar surface area (TPSA) is 153 Å². The molecule has 0 spiro atoms. The van der Waals surface area contributed by atoms with Crippen LogP contribution in [-0.4, -0.2) is 131 Å². The predicted octanol–water partition coefficient (Wildman–Crippen LogP) is 18.8. The van der Waals surface area contributed by atoms with E-state index in [-0.39, 0.29) is 18.4 Å². The molecule has 2 saturated carbocycles. The summed E-state index contributed by atoms with van der Waals surface area (Å²) in [6.45, 7) is 37.0. The average Bonchev–Trinajstić information content (AvgIpc) is 1.65. The molecular weight excluding hydrogens is 1310 g/mol. The van der Waals surface area contributed by atoms with Crippen molar-refractivity contribution in [3.63, 3.8) is 0 Å². The third-order valence-corrected chi connectivity index (χ3v) is 35.7. The van der Waals surface area contributed by atoms with E-state index >= 15 is 0 Å². The zero-order valence-electron chi connectivity index (χ0n) is 57.9. The minimum absolute atomic E-state index is 0.247. The van der Waals surface area contributed by atoms with E-state index in [0.29, 0.717) is 87.6 Å². The molecule has 2 saturated heterocycles. The van der Waals surface area contributed by atoms with Gasteiger partial charge in [-0.1, -0.05) is 152 Å². The van der Waals surface area contributed by atoms with E-state index in [1.807, 2.05) is 18.2 Å². The lowest BCUT2D eigenvalue weighted by atomic mass is 10.0. The normalized spacial score (nSPS) is 15.8. The van der Waals surface area contributed by atoms with Crippen molar-refractivity contribution in [2.75, 3.05) is 82.9 Å². The Morgan fingerprint density at radius 2 is 0.937 bits per heavy atom. The van der Waals surface area contributed by atoms with Crippen LogP contribution in [0, 0.1) is 0 Å². The quantitative estimate of drug-likeness (QED) is 0.0413. The van der Waals surface area contributed by atoms with Crippen LogP contribution in [0.25, 0.3) is 44.3 Å². The van der Waals surface area contributed by atoms with Gasteiger partial charge in [0.1, 0.15) is 29.2 Å². The number of nitrogens with one attached hydrogen (secondary N) is 1. The number of carbonyl (C=O) groups excluding carboxylic acids is 3. The van der Waals surface area contributed by atoms with Gasteiger partial charge in [-0.15, -0.1) is 0 Å². The summed E-state index contributed by atoms with van der Waals surface area (Å²) in [5, 5.41) is 16.2. The van der Waals surface area contributed by atoms with Gasteiger partial charge in [0.2, 0.25) is 0 Å². The Balaban J connectivity index is 0.000000173. The van der Waals surface area contributed by atoms with Crippen molar-refractivity contribution in [2.45, 2.75) is 167 Å². The molecule has 21 heteroatoms. The molecule has 12 rings (SSSR count). The first kappa shape index (κ1) is 71.9. The standard InChI is InChI=1S/C37H48Cl2N4O3Si.C23H37N3O2Si.C14H11Cl2NO2/c1-23(2)47(24(3)4,25(5)6)43-22-30(37(44)45-7)28-14-13-27(21-33(28)43)42-19-17-41(18-20-42)16-15-29-35(40-46-36(29)26-11-12-26)34-31(38)9-8-10-32(34)39;1-16(2)29(17(3)4,18(5)6)26-15-21(23(27)28-7)20-9-8-19(14-22(20)26)25-12-10-24-11-13-25;15-10-2-1-3-11(16)12(10)13-9(6-7-18)14(19-17-13)8-4-5-8/h8-10,13-14,21-26H,11-12,15-20H2,1-7H3;8-9,14-18,24H,10-13H2,1-7H3;1-3,7-8H,4-6H2. The summed E-state index contributed by atoms with van der Waals surface area (Å²) in [6.07, 6.45) is 10.6. The second-order valence-corrected chi connectivity index (χ2v) is 41.2. The fraction of sp³-hybridized carbons (Fsp3) is 0.500. The molecule has 4 aromatic carbocycles. The van der Waals surface area contributed by atoms with E-state index in [4.69, 9.17) is 64.9 Å². The van der Waals surface area contributed by atoms with E-state index in [2.05, 4.69) is 171 Å². The van der Waals surface area contributed by atoms with Crippen molar-refractivity contribution in [3.05, 3.63) is 139 Å². The van der Waals surface area contributed by atoms with E-state index in [0.717, 1.165) is 147 Å². The largest absolute Gasteiger partial charge is 0.465 e. The Morgan fingerprint density at radius 3 is 1.31 bits per heavy atom. The van der Waals surface area contributed by atoms with Gasteiger partial charge in [-0.05, 0) is 126 Å². The third-order valence-electron chi connectivity index (χ3n) is 20.9. The van der Waals surface area contributed by atoms with Crippen molar-refractivity contribution in [1.82, 2.24) is 29.0 Å². The highest BCUT2D eigenvalue weighted by molar-refractivity contribution is 6.83. The summed E-state index contributed by atoms with van der Waals surface area (Å²) in [4.78, 5) is 43.9. The summed E-state index contributed by atoms with van der Waals surface area (Å²) in [6, 6.07) is 24.1. The van der Waals surface area contributed by atoms with E-state index in [9.17, 15) is 14.4 Å². The lowest BCUT2D eigenvalue weighted by molar-refractivity contribution is -0.107. The Kier molecular flexibility index (Phi) is 23.1. The Labute approximate surface area is 583 Å². The number of rotatable bonds is 21. The Bertz CT molecular complexity index is 3930. The SMILES string of the molecule is COC(=O)c1cn([Si](C(C)C)(C(C)C)C(C)C)c2cc(N3CCN(CCc4c(-c5c(Cl)cccc5Cl)noc4C4CC4)CC3)ccc12.COC(=O)c1cn([Si](C(C)C)(C(C)C)C(C)C)c2cc(N3CCNCC3)ccc12.O=CCc1c(-c2c(Cl)cccc2Cl)noc1C1CC1. The maximum Gasteiger partial charge on any atom is 0.340 e. The number of methoxy groups -OCH3 is 2. The zero-order chi connectivity index (χ0) is 68.4. The molecule has 95 heavy (non-hydrogen) atoms. The molecule has 8 aromatic rings. The highest BCUT2D eigenvalue weighted by atomic mass is 35.5. The number of carbonyl (C=O) groups is 3. The number of esters is 2. The summed E-state index contributed by atoms with van der Waals surface area (Å²) < 4.78 is 26.8. The number of fused-ring (bicyclic) bond motifs is 2. The molecule has 2 aliphatic heterocycles. The minimum Gasteiger partial charge on any atom is -0.465 e. The predicted molar refractivity (Wildman–Crippen MR) is 395 cm³/mol. The lowest BCUT2D eigenvalue weighted by Crippen LogP contribution is -2.51. The average molecular weight is 1410 g/mol. The number of anilines is 2. The van der Waals surface area contributed by atoms with Crippen molar-refractivity contribution in [2.24, 2.45) is 0 Å². The number of piperazine rings is 2.